The zero-order chi connectivity index (χ0) is 33.8. The van der Waals surface area contributed by atoms with Gasteiger partial charge in [0, 0.05) is 24.6 Å². The number of hydrogen-bond donors (Lipinski definition) is 2. The number of esters is 2. The molecule has 46 heavy (non-hydrogen) atoms. The van der Waals surface area contributed by atoms with E-state index in [0.717, 1.165) is 11.1 Å². The first-order chi connectivity index (χ1) is 21.3. The van der Waals surface area contributed by atoms with E-state index in [1.807, 2.05) is 13.1 Å². The molecule has 4 aliphatic rings. The van der Waals surface area contributed by atoms with Crippen molar-refractivity contribution in [3.8, 4) is 11.5 Å². The number of aliphatic hydroxyl groups is 1. The highest BCUT2D eigenvalue weighted by atomic mass is 16.7. The Morgan fingerprint density at radius 3 is 2.46 bits per heavy atom. The Kier molecular flexibility index (Phi) is 8.56. The fourth-order valence-electron chi connectivity index (χ4n) is 6.95. The van der Waals surface area contributed by atoms with Crippen LogP contribution in [-0.4, -0.2) is 89.4 Å². The number of carbonyl (C=O) groups excluding carboxylic acids is 4. The molecule has 2 N–H and O–H groups in total. The fourth-order valence-corrected chi connectivity index (χ4v) is 6.95. The van der Waals surface area contributed by atoms with Crippen LogP contribution in [0.25, 0.3) is 0 Å². The molecule has 252 valence electrons. The van der Waals surface area contributed by atoms with E-state index in [2.05, 4.69) is 10.2 Å². The fraction of sp³-hybridized carbons (Fsp3) is 0.636. The molecule has 2 heterocycles. The van der Waals surface area contributed by atoms with Crippen molar-refractivity contribution >= 4 is 24.2 Å². The van der Waals surface area contributed by atoms with Crippen molar-refractivity contribution in [2.45, 2.75) is 115 Å². The molecule has 0 radical (unpaired) electrons. The SMILES string of the molecule is C[C@H](OC(=O)CCNC(=O)OC(C)(C)C)C(=O)OC1=CC[C@@]2(O)[C@@H]3Cc4ccc(OC(=O)OC(C)(C)C)c5c4[C@@]2(CCN3C)[C@H]1O5. The lowest BCUT2D eigenvalue weighted by atomic mass is 9.50. The molecule has 2 aliphatic carbocycles. The molecule has 0 aromatic heterocycles. The summed E-state index contributed by atoms with van der Waals surface area (Å²) >= 11 is 0. The molecule has 0 saturated carbocycles. The molecule has 13 nitrogen and oxygen atoms in total. The number of likely N-dealkylation sites (N-methyl/N-ethyl adjacent to an activating group) is 1. The number of nitrogens with zero attached hydrogens (tertiary/aromatic N) is 1. The highest BCUT2D eigenvalue weighted by molar-refractivity contribution is 5.80. The van der Waals surface area contributed by atoms with Gasteiger partial charge in [0.05, 0.1) is 17.4 Å². The summed E-state index contributed by atoms with van der Waals surface area (Å²) in [5, 5.41) is 14.9. The molecule has 2 aliphatic heterocycles. The van der Waals surface area contributed by atoms with Crippen LogP contribution in [0.3, 0.4) is 0 Å². The molecule has 1 aromatic carbocycles. The molecule has 1 fully saturated rings. The molecule has 1 amide bonds. The highest BCUT2D eigenvalue weighted by Crippen LogP contribution is 2.65. The van der Waals surface area contributed by atoms with Crippen LogP contribution in [0.1, 0.15) is 78.9 Å². The Labute approximate surface area is 268 Å². The Bertz CT molecular complexity index is 1460. The summed E-state index contributed by atoms with van der Waals surface area (Å²) in [7, 11) is 1.98. The average molecular weight is 645 g/mol. The number of carbonyl (C=O) groups is 4. The molecule has 5 atom stereocenters. The maximum absolute atomic E-state index is 13.2. The standard InChI is InChI=1S/C33H44N2O11/c1-18(41-23(36)12-15-34-28(38)45-30(2,3)4)27(37)42-21-11-13-33(40)22-17-19-9-10-20(43-29(39)46-31(5,6)7)25-24(19)32(33,26(21)44-25)14-16-35(22)8/h9-11,18,22,26,40H,12-17H2,1-8H3,(H,34,38)/t18-,22-,26-,32-,33+/m0/s1. The lowest BCUT2D eigenvalue weighted by Crippen LogP contribution is -2.74. The zero-order valence-electron chi connectivity index (χ0n) is 27.7. The quantitative estimate of drug-likeness (QED) is 0.252. The zero-order valence-corrected chi connectivity index (χ0v) is 27.7. The van der Waals surface area contributed by atoms with Crippen LogP contribution in [-0.2, 0) is 40.4 Å². The number of likely N-dealkylation sites (tertiary alicyclic amines) is 1. The molecule has 1 spiro atoms. The maximum Gasteiger partial charge on any atom is 0.514 e. The largest absolute Gasteiger partial charge is 0.514 e. The number of piperidine rings is 1. The van der Waals surface area contributed by atoms with Gasteiger partial charge in [-0.1, -0.05) is 6.07 Å². The summed E-state index contributed by atoms with van der Waals surface area (Å²) in [6.45, 7) is 12.4. The summed E-state index contributed by atoms with van der Waals surface area (Å²) in [6.07, 6.45) is -1.06. The second kappa shape index (κ2) is 11.8. The van der Waals surface area contributed by atoms with Gasteiger partial charge in [0.15, 0.2) is 23.7 Å². The van der Waals surface area contributed by atoms with Crippen LogP contribution in [0.4, 0.5) is 9.59 Å². The van der Waals surface area contributed by atoms with Gasteiger partial charge in [-0.3, -0.25) is 4.79 Å². The Morgan fingerprint density at radius 1 is 1.09 bits per heavy atom. The van der Waals surface area contributed by atoms with Crippen molar-refractivity contribution in [2.24, 2.45) is 0 Å². The van der Waals surface area contributed by atoms with E-state index in [4.69, 9.17) is 28.4 Å². The van der Waals surface area contributed by atoms with E-state index >= 15 is 0 Å². The molecule has 2 bridgehead atoms. The lowest BCUT2D eigenvalue weighted by molar-refractivity contribution is -0.175. The molecule has 5 rings (SSSR count). The number of rotatable bonds is 7. The van der Waals surface area contributed by atoms with E-state index in [1.165, 1.54) is 6.92 Å². The Balaban J connectivity index is 1.34. The third-order valence-electron chi connectivity index (χ3n) is 8.78. The highest BCUT2D eigenvalue weighted by Gasteiger charge is 2.72. The van der Waals surface area contributed by atoms with Crippen LogP contribution >= 0.6 is 0 Å². The van der Waals surface area contributed by atoms with Gasteiger partial charge in [-0.2, -0.15) is 0 Å². The van der Waals surface area contributed by atoms with Gasteiger partial charge >= 0.3 is 24.2 Å². The van der Waals surface area contributed by atoms with E-state index in [-0.39, 0.29) is 36.9 Å². The summed E-state index contributed by atoms with van der Waals surface area (Å²) in [5.41, 5.74) is -2.02. The summed E-state index contributed by atoms with van der Waals surface area (Å²) in [4.78, 5) is 52.2. The number of amides is 1. The van der Waals surface area contributed by atoms with Gasteiger partial charge in [-0.25, -0.2) is 14.4 Å². The summed E-state index contributed by atoms with van der Waals surface area (Å²) in [6, 6.07) is 3.30. The van der Waals surface area contributed by atoms with Crippen LogP contribution in [0.15, 0.2) is 24.0 Å². The molecule has 0 unspecified atom stereocenters. The van der Waals surface area contributed by atoms with Crippen molar-refractivity contribution in [3.05, 3.63) is 35.1 Å². The molecular formula is C33H44N2O11. The number of nitrogens with one attached hydrogen (secondary N) is 1. The first-order valence-electron chi connectivity index (χ1n) is 15.6. The van der Waals surface area contributed by atoms with Crippen molar-refractivity contribution < 1.29 is 52.7 Å². The van der Waals surface area contributed by atoms with E-state index < -0.39 is 58.6 Å². The van der Waals surface area contributed by atoms with Gasteiger partial charge in [0.25, 0.3) is 0 Å². The van der Waals surface area contributed by atoms with Gasteiger partial charge in [0.1, 0.15) is 17.0 Å². The van der Waals surface area contributed by atoms with Crippen LogP contribution in [0.5, 0.6) is 11.5 Å². The minimum atomic E-state index is -1.27. The van der Waals surface area contributed by atoms with E-state index in [0.29, 0.717) is 25.1 Å². The number of hydrogen-bond acceptors (Lipinski definition) is 12. The normalized spacial score (nSPS) is 26.8. The minimum Gasteiger partial charge on any atom is -0.477 e. The summed E-state index contributed by atoms with van der Waals surface area (Å²) < 4.78 is 33.7. The van der Waals surface area contributed by atoms with E-state index in [9.17, 15) is 24.3 Å². The smallest absolute Gasteiger partial charge is 0.477 e. The van der Waals surface area contributed by atoms with Crippen molar-refractivity contribution in [2.75, 3.05) is 20.1 Å². The van der Waals surface area contributed by atoms with E-state index in [1.54, 1.807) is 53.7 Å². The topological polar surface area (TPSA) is 159 Å². The number of benzene rings is 1. The summed E-state index contributed by atoms with van der Waals surface area (Å²) in [5.74, 6) is -0.915. The number of alkyl carbamates (subject to hydrolysis) is 1. The average Bonchev–Trinajstić information content (AvgIpc) is 3.27. The van der Waals surface area contributed by atoms with Crippen molar-refractivity contribution in [3.63, 3.8) is 0 Å². The predicted octanol–water partition coefficient (Wildman–Crippen LogP) is 3.67. The Hall–Kier alpha value is -3.84. The van der Waals surface area contributed by atoms with Crippen molar-refractivity contribution in [1.29, 1.82) is 0 Å². The maximum atomic E-state index is 13.2. The second-order valence-corrected chi connectivity index (χ2v) is 14.4. The minimum absolute atomic E-state index is 0.0401. The van der Waals surface area contributed by atoms with Gasteiger partial charge in [-0.05, 0) is 92.6 Å². The van der Waals surface area contributed by atoms with Crippen molar-refractivity contribution in [1.82, 2.24) is 10.2 Å². The third-order valence-corrected chi connectivity index (χ3v) is 8.78. The van der Waals surface area contributed by atoms with Crippen LogP contribution in [0.2, 0.25) is 0 Å². The van der Waals surface area contributed by atoms with Gasteiger partial charge in [-0.15, -0.1) is 0 Å². The lowest BCUT2D eigenvalue weighted by Gasteiger charge is -2.61. The second-order valence-electron chi connectivity index (χ2n) is 14.4. The molecular weight excluding hydrogens is 600 g/mol. The molecule has 13 heteroatoms. The molecule has 1 saturated heterocycles. The first-order valence-corrected chi connectivity index (χ1v) is 15.6. The van der Waals surface area contributed by atoms with Crippen LogP contribution in [0, 0.1) is 0 Å². The number of ether oxygens (including phenoxy) is 6. The molecule has 1 aromatic rings. The van der Waals surface area contributed by atoms with Gasteiger partial charge < -0.3 is 43.7 Å². The first kappa shape index (κ1) is 33.5. The third kappa shape index (κ3) is 6.14. The monoisotopic (exact) mass is 644 g/mol. The van der Waals surface area contributed by atoms with Gasteiger partial charge in [0.2, 0.25) is 0 Å². The Morgan fingerprint density at radius 2 is 1.78 bits per heavy atom. The predicted molar refractivity (Wildman–Crippen MR) is 162 cm³/mol. The van der Waals surface area contributed by atoms with Crippen LogP contribution < -0.4 is 14.8 Å².